The van der Waals surface area contributed by atoms with Gasteiger partial charge in [-0.3, -0.25) is 4.79 Å². The van der Waals surface area contributed by atoms with Crippen LogP contribution in [0.2, 0.25) is 0 Å². The summed E-state index contributed by atoms with van der Waals surface area (Å²) < 4.78 is 4.77. The number of hydrogen-bond acceptors (Lipinski definition) is 4. The van der Waals surface area contributed by atoms with Gasteiger partial charge < -0.3 is 15.2 Å². The number of methoxy groups -OCH3 is 1. The van der Waals surface area contributed by atoms with Crippen LogP contribution in [-0.4, -0.2) is 29.7 Å². The Morgan fingerprint density at radius 2 is 1.88 bits per heavy atom. The van der Waals surface area contributed by atoms with Gasteiger partial charge in [0.1, 0.15) is 0 Å². The zero-order valence-electron chi connectivity index (χ0n) is 14.8. The predicted octanol–water partition coefficient (Wildman–Crippen LogP) is 3.05. The van der Waals surface area contributed by atoms with E-state index in [0.717, 1.165) is 37.7 Å². The summed E-state index contributed by atoms with van der Waals surface area (Å²) in [6.45, 7) is 1.91. The van der Waals surface area contributed by atoms with Crippen LogP contribution in [0.15, 0.2) is 18.2 Å². The number of benzene rings is 1. The maximum atomic E-state index is 13.2. The first-order valence-corrected chi connectivity index (χ1v) is 9.05. The van der Waals surface area contributed by atoms with Crippen LogP contribution in [0, 0.1) is 24.2 Å². The second kappa shape index (κ2) is 5.56. The number of esters is 1. The molecule has 0 radical (unpaired) electrons. The monoisotopic (exact) mass is 343 g/mol. The molecule has 4 saturated carbocycles. The van der Waals surface area contributed by atoms with E-state index in [0.29, 0.717) is 29.5 Å². The highest BCUT2D eigenvalue weighted by molar-refractivity contribution is 5.98. The van der Waals surface area contributed by atoms with Crippen LogP contribution in [0.1, 0.15) is 54.4 Å². The number of aliphatic hydroxyl groups is 1. The Balaban J connectivity index is 1.59. The van der Waals surface area contributed by atoms with Crippen molar-refractivity contribution in [2.45, 2.75) is 51.0 Å². The number of anilines is 1. The first-order chi connectivity index (χ1) is 11.8. The molecule has 2 N–H and O–H groups in total. The third kappa shape index (κ3) is 2.74. The summed E-state index contributed by atoms with van der Waals surface area (Å²) in [6, 6.07) is 5.19. The van der Waals surface area contributed by atoms with E-state index in [1.165, 1.54) is 7.11 Å². The van der Waals surface area contributed by atoms with Crippen LogP contribution in [-0.2, 0) is 9.53 Å². The Kier molecular flexibility index (Phi) is 3.69. The third-order valence-electron chi connectivity index (χ3n) is 6.42. The van der Waals surface area contributed by atoms with E-state index in [4.69, 9.17) is 4.74 Å². The highest BCUT2D eigenvalue weighted by Gasteiger charge is 2.60. The lowest BCUT2D eigenvalue weighted by Gasteiger charge is -2.59. The first-order valence-electron chi connectivity index (χ1n) is 9.05. The predicted molar refractivity (Wildman–Crippen MR) is 93.2 cm³/mol. The van der Waals surface area contributed by atoms with Gasteiger partial charge in [0.15, 0.2) is 0 Å². The van der Waals surface area contributed by atoms with Crippen molar-refractivity contribution in [2.24, 2.45) is 17.3 Å². The summed E-state index contributed by atoms with van der Waals surface area (Å²) >= 11 is 0. The fourth-order valence-electron chi connectivity index (χ4n) is 5.74. The summed E-state index contributed by atoms with van der Waals surface area (Å²) in [5.41, 5.74) is 0.851. The highest BCUT2D eigenvalue weighted by Crippen LogP contribution is 2.61. The molecule has 0 aromatic heterocycles. The van der Waals surface area contributed by atoms with E-state index in [-0.39, 0.29) is 5.91 Å². The molecule has 2 unspecified atom stereocenters. The topological polar surface area (TPSA) is 75.6 Å². The van der Waals surface area contributed by atoms with Gasteiger partial charge in [-0.1, -0.05) is 6.07 Å². The van der Waals surface area contributed by atoms with E-state index < -0.39 is 17.0 Å². The maximum Gasteiger partial charge on any atom is 0.337 e. The molecule has 4 bridgehead atoms. The summed E-state index contributed by atoms with van der Waals surface area (Å²) in [4.78, 5) is 24.9. The maximum absolute atomic E-state index is 13.2. The number of aryl methyl sites for hydroxylation is 1. The molecule has 0 heterocycles. The van der Waals surface area contributed by atoms with Gasteiger partial charge in [-0.25, -0.2) is 4.79 Å². The molecular weight excluding hydrogens is 318 g/mol. The lowest BCUT2D eigenvalue weighted by Crippen LogP contribution is -2.59. The molecular formula is C20H25NO4. The fourth-order valence-corrected chi connectivity index (χ4v) is 5.74. The van der Waals surface area contributed by atoms with E-state index in [2.05, 4.69) is 5.32 Å². The average Bonchev–Trinajstić information content (AvgIpc) is 2.53. The van der Waals surface area contributed by atoms with Gasteiger partial charge in [-0.2, -0.15) is 0 Å². The molecule has 134 valence electrons. The molecule has 4 aliphatic rings. The van der Waals surface area contributed by atoms with Crippen molar-refractivity contribution in [3.63, 3.8) is 0 Å². The summed E-state index contributed by atoms with van der Waals surface area (Å²) in [5, 5.41) is 13.9. The van der Waals surface area contributed by atoms with Crippen LogP contribution in [0.5, 0.6) is 0 Å². The van der Waals surface area contributed by atoms with Gasteiger partial charge in [0, 0.05) is 5.69 Å². The highest BCUT2D eigenvalue weighted by atomic mass is 16.5. The Labute approximate surface area is 147 Å². The first kappa shape index (κ1) is 16.6. The number of rotatable bonds is 3. The number of amides is 1. The standard InChI is InChI=1S/C20H25NO4/c1-12-3-4-15(17(22)25-2)6-16(12)21-18(23)19-7-13-5-14(8-19)10-20(24,9-13)11-19/h3-4,6,13-14,24H,5,7-11H2,1-2H3,(H,21,23)/t13-,14+,19?,20?. The molecule has 1 amide bonds. The Bertz CT molecular complexity index is 727. The largest absolute Gasteiger partial charge is 0.465 e. The minimum atomic E-state index is -0.662. The fraction of sp³-hybridized carbons (Fsp3) is 0.600. The SMILES string of the molecule is COC(=O)c1ccc(C)c(NC(=O)C23C[C@@H]4C[C@@H](CC(O)(C4)C2)C3)c1. The van der Waals surface area contributed by atoms with Crippen molar-refractivity contribution in [3.8, 4) is 0 Å². The third-order valence-corrected chi connectivity index (χ3v) is 6.42. The molecule has 0 saturated heterocycles. The van der Waals surface area contributed by atoms with Crippen LogP contribution in [0.4, 0.5) is 5.69 Å². The van der Waals surface area contributed by atoms with Crippen molar-refractivity contribution in [2.75, 3.05) is 12.4 Å². The molecule has 1 aromatic carbocycles. The lowest BCUT2D eigenvalue weighted by molar-refractivity contribution is -0.174. The van der Waals surface area contributed by atoms with Crippen LogP contribution >= 0.6 is 0 Å². The van der Waals surface area contributed by atoms with E-state index in [1.54, 1.807) is 12.1 Å². The lowest BCUT2D eigenvalue weighted by atomic mass is 9.47. The zero-order chi connectivity index (χ0) is 17.8. The molecule has 25 heavy (non-hydrogen) atoms. The summed E-state index contributed by atoms with van der Waals surface area (Å²) in [6.07, 6.45) is 5.13. The van der Waals surface area contributed by atoms with Crippen LogP contribution in [0.25, 0.3) is 0 Å². The molecule has 0 aliphatic heterocycles. The summed E-state index contributed by atoms with van der Waals surface area (Å²) in [5.74, 6) is 0.490. The number of carbonyl (C=O) groups is 2. The quantitative estimate of drug-likeness (QED) is 0.827. The number of carbonyl (C=O) groups excluding carboxylic acids is 2. The molecule has 0 spiro atoms. The van der Waals surface area contributed by atoms with Crippen molar-refractivity contribution >= 4 is 17.6 Å². The second-order valence-corrected chi connectivity index (χ2v) is 8.44. The van der Waals surface area contributed by atoms with Gasteiger partial charge >= 0.3 is 5.97 Å². The van der Waals surface area contributed by atoms with Crippen molar-refractivity contribution in [3.05, 3.63) is 29.3 Å². The molecule has 1 aromatic rings. The van der Waals surface area contributed by atoms with Crippen molar-refractivity contribution in [1.82, 2.24) is 0 Å². The van der Waals surface area contributed by atoms with Gasteiger partial charge in [-0.05, 0) is 75.0 Å². The van der Waals surface area contributed by atoms with E-state index >= 15 is 0 Å². The molecule has 5 rings (SSSR count). The molecule has 4 atom stereocenters. The van der Waals surface area contributed by atoms with Crippen molar-refractivity contribution < 1.29 is 19.4 Å². The number of hydrogen-bond donors (Lipinski definition) is 2. The Morgan fingerprint density at radius 3 is 2.48 bits per heavy atom. The zero-order valence-corrected chi connectivity index (χ0v) is 14.8. The molecule has 4 aliphatic carbocycles. The summed E-state index contributed by atoms with van der Waals surface area (Å²) in [7, 11) is 1.34. The Morgan fingerprint density at radius 1 is 1.20 bits per heavy atom. The number of ether oxygens (including phenoxy) is 1. The smallest absolute Gasteiger partial charge is 0.337 e. The van der Waals surface area contributed by atoms with Crippen molar-refractivity contribution in [1.29, 1.82) is 0 Å². The molecule has 5 nitrogen and oxygen atoms in total. The van der Waals surface area contributed by atoms with Gasteiger partial charge in [0.05, 0.1) is 23.7 Å². The second-order valence-electron chi connectivity index (χ2n) is 8.44. The van der Waals surface area contributed by atoms with Crippen LogP contribution < -0.4 is 5.32 Å². The normalized spacial score (nSPS) is 35.5. The number of nitrogens with one attached hydrogen (secondary N) is 1. The minimum absolute atomic E-state index is 0.00913. The van der Waals surface area contributed by atoms with Crippen LogP contribution in [0.3, 0.4) is 0 Å². The van der Waals surface area contributed by atoms with Gasteiger partial charge in [-0.15, -0.1) is 0 Å². The van der Waals surface area contributed by atoms with E-state index in [9.17, 15) is 14.7 Å². The van der Waals surface area contributed by atoms with Gasteiger partial charge in [0.2, 0.25) is 5.91 Å². The van der Waals surface area contributed by atoms with Gasteiger partial charge in [0.25, 0.3) is 0 Å². The van der Waals surface area contributed by atoms with E-state index in [1.807, 2.05) is 13.0 Å². The average molecular weight is 343 g/mol. The minimum Gasteiger partial charge on any atom is -0.465 e. The molecule has 5 heteroatoms. The molecule has 4 fully saturated rings. The Hall–Kier alpha value is -1.88.